The highest BCUT2D eigenvalue weighted by Gasteiger charge is 2.12. The first kappa shape index (κ1) is 12.7. The molecule has 2 nitrogen and oxygen atoms in total. The quantitative estimate of drug-likeness (QED) is 0.569. The summed E-state index contributed by atoms with van der Waals surface area (Å²) < 4.78 is 5.42. The van der Waals surface area contributed by atoms with Crippen LogP contribution in [-0.4, -0.2) is 5.16 Å². The summed E-state index contributed by atoms with van der Waals surface area (Å²) >= 11 is 9.45. The zero-order valence-corrected chi connectivity index (χ0v) is 12.6. The normalized spacial score (nSPS) is 12.8. The van der Waals surface area contributed by atoms with E-state index in [-0.39, 0.29) is 0 Å². The van der Waals surface area contributed by atoms with Gasteiger partial charge in [0.1, 0.15) is 5.69 Å². The first-order chi connectivity index (χ1) is 9.15. The van der Waals surface area contributed by atoms with E-state index in [1.165, 1.54) is 5.56 Å². The van der Waals surface area contributed by atoms with Crippen LogP contribution in [0.5, 0.6) is 0 Å². The fourth-order valence-electron chi connectivity index (χ4n) is 2.02. The fourth-order valence-corrected chi connectivity index (χ4v) is 2.43. The number of rotatable bonds is 2. The molecule has 3 rings (SSSR count). The molecule has 1 heterocycles. The van der Waals surface area contributed by atoms with Crippen LogP contribution in [0.25, 0.3) is 22.2 Å². The Morgan fingerprint density at radius 3 is 2.58 bits per heavy atom. The number of aromatic nitrogens is 1. The molecule has 1 aromatic heterocycles. The van der Waals surface area contributed by atoms with Crippen molar-refractivity contribution in [1.29, 1.82) is 0 Å². The topological polar surface area (TPSA) is 26.0 Å². The van der Waals surface area contributed by atoms with Crippen molar-refractivity contribution in [3.05, 3.63) is 53.1 Å². The smallest absolute Gasteiger partial charge is 0.167 e. The third-order valence-corrected chi connectivity index (χ3v) is 3.85. The molecular weight excluding hydrogens is 326 g/mol. The lowest BCUT2D eigenvalue weighted by Gasteiger charge is -2.02. The summed E-state index contributed by atoms with van der Waals surface area (Å²) in [5.74, 6) is 0. The van der Waals surface area contributed by atoms with E-state index in [1.807, 2.05) is 36.4 Å². The minimum atomic E-state index is 0.293. The van der Waals surface area contributed by atoms with Gasteiger partial charge in [0.25, 0.3) is 0 Å². The molecule has 0 unspecified atom stereocenters. The summed E-state index contributed by atoms with van der Waals surface area (Å²) in [6, 6.07) is 13.7. The highest BCUT2D eigenvalue weighted by Crippen LogP contribution is 2.31. The molecule has 0 amide bonds. The van der Waals surface area contributed by atoms with Gasteiger partial charge in [0, 0.05) is 20.8 Å². The van der Waals surface area contributed by atoms with E-state index in [0.717, 1.165) is 22.2 Å². The van der Waals surface area contributed by atoms with E-state index >= 15 is 0 Å². The molecule has 1 atom stereocenters. The Morgan fingerprint density at radius 2 is 1.89 bits per heavy atom. The number of hydrogen-bond donors (Lipinski definition) is 0. The maximum atomic E-state index is 5.90. The van der Waals surface area contributed by atoms with E-state index in [0.29, 0.717) is 9.85 Å². The minimum Gasteiger partial charge on any atom is -0.356 e. The molecule has 0 saturated heterocycles. The molecule has 0 aliphatic carbocycles. The fraction of sp³-hybridized carbons (Fsp3) is 0.133. The summed E-state index contributed by atoms with van der Waals surface area (Å²) in [4.78, 5) is 0.293. The van der Waals surface area contributed by atoms with Gasteiger partial charge in [-0.1, -0.05) is 50.9 Å². The number of hydrogen-bond acceptors (Lipinski definition) is 2. The van der Waals surface area contributed by atoms with Gasteiger partial charge in [-0.05, 0) is 36.8 Å². The molecule has 96 valence electrons. The Hall–Kier alpha value is -1.32. The lowest BCUT2D eigenvalue weighted by atomic mass is 10.1. The predicted octanol–water partition coefficient (Wildman–Crippen LogP) is 5.60. The van der Waals surface area contributed by atoms with Crippen LogP contribution in [0.15, 0.2) is 47.0 Å². The van der Waals surface area contributed by atoms with Crippen LogP contribution in [0.2, 0.25) is 5.02 Å². The lowest BCUT2D eigenvalue weighted by Crippen LogP contribution is -1.82. The molecule has 0 radical (unpaired) electrons. The average Bonchev–Trinajstić information content (AvgIpc) is 2.82. The summed E-state index contributed by atoms with van der Waals surface area (Å²) in [7, 11) is 0. The highest BCUT2D eigenvalue weighted by molar-refractivity contribution is 9.09. The van der Waals surface area contributed by atoms with Crippen LogP contribution >= 0.6 is 27.5 Å². The molecule has 19 heavy (non-hydrogen) atoms. The Morgan fingerprint density at radius 1 is 1.16 bits per heavy atom. The predicted molar refractivity (Wildman–Crippen MR) is 81.8 cm³/mol. The third-order valence-electron chi connectivity index (χ3n) is 3.07. The van der Waals surface area contributed by atoms with E-state index in [9.17, 15) is 0 Å². The molecule has 0 saturated carbocycles. The second kappa shape index (κ2) is 4.99. The maximum absolute atomic E-state index is 5.90. The Kier molecular flexibility index (Phi) is 3.33. The van der Waals surface area contributed by atoms with E-state index in [2.05, 4.69) is 34.1 Å². The first-order valence-corrected chi connectivity index (χ1v) is 7.24. The van der Waals surface area contributed by atoms with Gasteiger partial charge in [0.15, 0.2) is 5.58 Å². The number of alkyl halides is 1. The van der Waals surface area contributed by atoms with Crippen molar-refractivity contribution in [2.24, 2.45) is 0 Å². The van der Waals surface area contributed by atoms with Gasteiger partial charge < -0.3 is 4.52 Å². The minimum absolute atomic E-state index is 0.293. The molecule has 0 aliphatic rings. The van der Waals surface area contributed by atoms with Crippen molar-refractivity contribution in [3.63, 3.8) is 0 Å². The van der Waals surface area contributed by atoms with Gasteiger partial charge >= 0.3 is 0 Å². The van der Waals surface area contributed by atoms with Crippen molar-refractivity contribution in [1.82, 2.24) is 5.16 Å². The number of halogens is 2. The molecule has 4 heteroatoms. The van der Waals surface area contributed by atoms with Gasteiger partial charge in [-0.3, -0.25) is 0 Å². The van der Waals surface area contributed by atoms with E-state index in [1.54, 1.807) is 0 Å². The van der Waals surface area contributed by atoms with Crippen molar-refractivity contribution in [2.75, 3.05) is 0 Å². The zero-order valence-electron chi connectivity index (χ0n) is 10.2. The zero-order chi connectivity index (χ0) is 13.4. The molecule has 0 bridgehead atoms. The van der Waals surface area contributed by atoms with Crippen molar-refractivity contribution in [3.8, 4) is 11.3 Å². The Balaban J connectivity index is 2.13. The average molecular weight is 337 g/mol. The van der Waals surface area contributed by atoms with Gasteiger partial charge in [-0.2, -0.15) is 0 Å². The summed E-state index contributed by atoms with van der Waals surface area (Å²) in [6.07, 6.45) is 0. The van der Waals surface area contributed by atoms with Crippen molar-refractivity contribution >= 4 is 38.5 Å². The largest absolute Gasteiger partial charge is 0.356 e. The molecule has 2 aromatic carbocycles. The van der Waals surface area contributed by atoms with Gasteiger partial charge in [0.2, 0.25) is 0 Å². The summed E-state index contributed by atoms with van der Waals surface area (Å²) in [6.45, 7) is 2.08. The second-order valence-electron chi connectivity index (χ2n) is 4.41. The van der Waals surface area contributed by atoms with Crippen LogP contribution in [0.1, 0.15) is 17.3 Å². The Bertz CT molecular complexity index is 719. The highest BCUT2D eigenvalue weighted by atomic mass is 79.9. The van der Waals surface area contributed by atoms with Crippen LogP contribution in [0.3, 0.4) is 0 Å². The number of nitrogens with zero attached hydrogens (tertiary/aromatic N) is 1. The second-order valence-corrected chi connectivity index (χ2v) is 6.22. The molecule has 0 spiro atoms. The number of benzene rings is 2. The first-order valence-electron chi connectivity index (χ1n) is 5.94. The molecule has 0 fully saturated rings. The van der Waals surface area contributed by atoms with Crippen LogP contribution < -0.4 is 0 Å². The molecule has 3 aromatic rings. The molecular formula is C15H11BrClNO. The van der Waals surface area contributed by atoms with Gasteiger partial charge in [-0.25, -0.2) is 0 Å². The monoisotopic (exact) mass is 335 g/mol. The summed E-state index contributed by atoms with van der Waals surface area (Å²) in [5.41, 5.74) is 3.82. The van der Waals surface area contributed by atoms with E-state index in [4.69, 9.17) is 16.1 Å². The molecule has 0 aliphatic heterocycles. The molecule has 0 N–H and O–H groups in total. The van der Waals surface area contributed by atoms with Crippen LogP contribution in [0.4, 0.5) is 0 Å². The SMILES string of the molecule is C[C@H](Br)c1ccc2c(-c3ccc(Cl)cc3)noc2c1. The standard InChI is InChI=1S/C15H11BrClNO/c1-9(16)11-4-7-13-14(8-11)19-18-15(13)10-2-5-12(17)6-3-10/h2-9H,1H3/t9-/m0/s1. The third kappa shape index (κ3) is 2.40. The van der Waals surface area contributed by atoms with Crippen molar-refractivity contribution < 1.29 is 4.52 Å². The van der Waals surface area contributed by atoms with E-state index < -0.39 is 0 Å². The van der Waals surface area contributed by atoms with Crippen molar-refractivity contribution in [2.45, 2.75) is 11.8 Å². The van der Waals surface area contributed by atoms with Gasteiger partial charge in [0.05, 0.1) is 0 Å². The Labute approximate surface area is 124 Å². The van der Waals surface area contributed by atoms with Gasteiger partial charge in [-0.15, -0.1) is 0 Å². The summed E-state index contributed by atoms with van der Waals surface area (Å²) in [5, 5.41) is 5.89. The number of fused-ring (bicyclic) bond motifs is 1. The lowest BCUT2D eigenvalue weighted by molar-refractivity contribution is 0.459. The van der Waals surface area contributed by atoms with Crippen LogP contribution in [0, 0.1) is 0 Å². The maximum Gasteiger partial charge on any atom is 0.167 e. The van der Waals surface area contributed by atoms with Crippen LogP contribution in [-0.2, 0) is 0 Å².